The summed E-state index contributed by atoms with van der Waals surface area (Å²) >= 11 is 0. The van der Waals surface area contributed by atoms with Crippen LogP contribution >= 0.6 is 0 Å². The van der Waals surface area contributed by atoms with Crippen molar-refractivity contribution in [2.75, 3.05) is 13.1 Å². The molecule has 2 aliphatic heterocycles. The van der Waals surface area contributed by atoms with Gasteiger partial charge in [0.05, 0.1) is 12.0 Å². The van der Waals surface area contributed by atoms with E-state index in [1.165, 1.54) is 4.90 Å². The van der Waals surface area contributed by atoms with Crippen LogP contribution in [-0.4, -0.2) is 69.1 Å². The number of aliphatic hydroxyl groups is 1. The Morgan fingerprint density at radius 3 is 2.50 bits per heavy atom. The maximum Gasteiger partial charge on any atom is 0.326 e. The molecule has 7 nitrogen and oxygen atoms in total. The second-order valence-electron chi connectivity index (χ2n) is 5.91. The number of hydrogen-bond acceptors (Lipinski definition) is 4. The third kappa shape index (κ3) is 2.26. The molecule has 20 heavy (non-hydrogen) atoms. The molecule has 3 rings (SSSR count). The fourth-order valence-electron chi connectivity index (χ4n) is 3.16. The van der Waals surface area contributed by atoms with Crippen molar-refractivity contribution in [2.45, 2.75) is 43.9 Å². The molecule has 2 saturated heterocycles. The highest BCUT2D eigenvalue weighted by Gasteiger charge is 2.46. The lowest BCUT2D eigenvalue weighted by Gasteiger charge is -2.24. The van der Waals surface area contributed by atoms with Crippen LogP contribution in [0.3, 0.4) is 0 Å². The minimum Gasteiger partial charge on any atom is -0.480 e. The lowest BCUT2D eigenvalue weighted by Crippen LogP contribution is -2.44. The molecule has 3 fully saturated rings. The molecule has 0 bridgehead atoms. The quantitative estimate of drug-likeness (QED) is 0.695. The van der Waals surface area contributed by atoms with Crippen molar-refractivity contribution in [3.8, 4) is 0 Å². The fraction of sp³-hybridized carbons (Fsp3) is 0.769. The molecule has 3 aliphatic rings. The largest absolute Gasteiger partial charge is 0.480 e. The van der Waals surface area contributed by atoms with Crippen LogP contribution in [0.15, 0.2) is 0 Å². The van der Waals surface area contributed by atoms with Crippen molar-refractivity contribution in [3.05, 3.63) is 0 Å². The van der Waals surface area contributed by atoms with E-state index in [-0.39, 0.29) is 37.2 Å². The number of aliphatic carboxylic acids is 1. The Bertz CT molecular complexity index is 462. The number of carbonyl (C=O) groups is 3. The summed E-state index contributed by atoms with van der Waals surface area (Å²) in [7, 11) is 0. The molecule has 0 aromatic heterocycles. The normalized spacial score (nSPS) is 33.9. The van der Waals surface area contributed by atoms with Gasteiger partial charge in [0.1, 0.15) is 6.04 Å². The number of carboxylic acid groups (broad SMARTS) is 1. The molecular formula is C13H18N2O5. The van der Waals surface area contributed by atoms with Crippen LogP contribution in [-0.2, 0) is 14.4 Å². The van der Waals surface area contributed by atoms with E-state index in [1.807, 2.05) is 0 Å². The number of aliphatic hydroxyl groups excluding tert-OH is 1. The Balaban J connectivity index is 1.69. The van der Waals surface area contributed by atoms with Crippen LogP contribution in [0.2, 0.25) is 0 Å². The maximum atomic E-state index is 12.4. The summed E-state index contributed by atoms with van der Waals surface area (Å²) in [6.45, 7) is 0.436. The average molecular weight is 282 g/mol. The smallest absolute Gasteiger partial charge is 0.326 e. The van der Waals surface area contributed by atoms with Crippen molar-refractivity contribution in [1.29, 1.82) is 0 Å². The van der Waals surface area contributed by atoms with Gasteiger partial charge in [0.2, 0.25) is 11.8 Å². The van der Waals surface area contributed by atoms with Gasteiger partial charge in [-0.3, -0.25) is 9.59 Å². The molecular weight excluding hydrogens is 264 g/mol. The molecule has 1 aliphatic carbocycles. The second-order valence-corrected chi connectivity index (χ2v) is 5.91. The van der Waals surface area contributed by atoms with E-state index in [0.29, 0.717) is 6.54 Å². The number of likely N-dealkylation sites (tertiary alicyclic amines) is 2. The minimum absolute atomic E-state index is 0.0162. The summed E-state index contributed by atoms with van der Waals surface area (Å²) < 4.78 is 0. The minimum atomic E-state index is -1.10. The van der Waals surface area contributed by atoms with E-state index in [9.17, 15) is 19.5 Å². The van der Waals surface area contributed by atoms with Gasteiger partial charge in [0.15, 0.2) is 0 Å². The highest BCUT2D eigenvalue weighted by Crippen LogP contribution is 2.34. The molecule has 0 aromatic carbocycles. The summed E-state index contributed by atoms with van der Waals surface area (Å²) in [5.41, 5.74) is 0. The summed E-state index contributed by atoms with van der Waals surface area (Å²) in [5, 5.41) is 18.7. The molecule has 2 heterocycles. The Kier molecular flexibility index (Phi) is 3.16. The van der Waals surface area contributed by atoms with Crippen LogP contribution in [0, 0.1) is 5.92 Å². The zero-order valence-corrected chi connectivity index (χ0v) is 11.1. The van der Waals surface area contributed by atoms with Crippen molar-refractivity contribution in [1.82, 2.24) is 9.80 Å². The number of nitrogens with zero attached hydrogens (tertiary/aromatic N) is 2. The predicted molar refractivity (Wildman–Crippen MR) is 66.6 cm³/mol. The van der Waals surface area contributed by atoms with Crippen LogP contribution in [0.1, 0.15) is 25.7 Å². The Hall–Kier alpha value is -1.63. The molecule has 0 radical (unpaired) electrons. The van der Waals surface area contributed by atoms with E-state index < -0.39 is 24.0 Å². The summed E-state index contributed by atoms with van der Waals surface area (Å²) in [4.78, 5) is 38.4. The first kappa shape index (κ1) is 13.4. The van der Waals surface area contributed by atoms with Crippen molar-refractivity contribution in [3.63, 3.8) is 0 Å². The van der Waals surface area contributed by atoms with Crippen molar-refractivity contribution >= 4 is 17.8 Å². The molecule has 1 unspecified atom stereocenters. The molecule has 1 saturated carbocycles. The summed E-state index contributed by atoms with van der Waals surface area (Å²) in [5.74, 6) is -1.89. The van der Waals surface area contributed by atoms with Gasteiger partial charge in [-0.05, 0) is 12.8 Å². The van der Waals surface area contributed by atoms with Crippen LogP contribution < -0.4 is 0 Å². The Labute approximate surface area is 116 Å². The lowest BCUT2D eigenvalue weighted by molar-refractivity contribution is -0.149. The number of amides is 2. The van der Waals surface area contributed by atoms with E-state index in [0.717, 1.165) is 12.8 Å². The van der Waals surface area contributed by atoms with Crippen molar-refractivity contribution in [2.24, 2.45) is 5.92 Å². The van der Waals surface area contributed by atoms with Gasteiger partial charge in [0, 0.05) is 32.0 Å². The molecule has 110 valence electrons. The van der Waals surface area contributed by atoms with Gasteiger partial charge >= 0.3 is 5.97 Å². The molecule has 0 aromatic rings. The monoisotopic (exact) mass is 282 g/mol. The molecule has 2 amide bonds. The number of carboxylic acids is 1. The number of β-amino-alcohol motifs (C(OH)–C–C–N with tert-alkyl or cyclic N) is 1. The topological polar surface area (TPSA) is 98.1 Å². The van der Waals surface area contributed by atoms with Crippen LogP contribution in [0.4, 0.5) is 0 Å². The van der Waals surface area contributed by atoms with Crippen LogP contribution in [0.5, 0.6) is 0 Å². The summed E-state index contributed by atoms with van der Waals surface area (Å²) in [6.07, 6.45) is 1.42. The van der Waals surface area contributed by atoms with Gasteiger partial charge in [0.25, 0.3) is 0 Å². The number of hydrogen-bond donors (Lipinski definition) is 2. The zero-order chi connectivity index (χ0) is 14.4. The first-order valence-corrected chi connectivity index (χ1v) is 6.98. The van der Waals surface area contributed by atoms with E-state index in [4.69, 9.17) is 5.11 Å². The third-order valence-corrected chi connectivity index (χ3v) is 4.34. The standard InChI is InChI=1S/C13H18N2O5/c16-9-4-10(13(19)20)15(6-9)12(18)7-3-11(17)14(5-7)8-1-2-8/h7-10,16H,1-6H2,(H,19,20)/t7?,9-,10-/m0/s1. The Morgan fingerprint density at radius 1 is 1.20 bits per heavy atom. The van der Waals surface area contributed by atoms with Gasteiger partial charge in [-0.15, -0.1) is 0 Å². The van der Waals surface area contributed by atoms with E-state index in [1.54, 1.807) is 4.90 Å². The third-order valence-electron chi connectivity index (χ3n) is 4.34. The Morgan fingerprint density at radius 2 is 1.90 bits per heavy atom. The molecule has 0 spiro atoms. The van der Waals surface area contributed by atoms with Gasteiger partial charge in [-0.1, -0.05) is 0 Å². The van der Waals surface area contributed by atoms with Crippen molar-refractivity contribution < 1.29 is 24.6 Å². The van der Waals surface area contributed by atoms with Crippen LogP contribution in [0.25, 0.3) is 0 Å². The highest BCUT2D eigenvalue weighted by atomic mass is 16.4. The molecule has 7 heteroatoms. The van der Waals surface area contributed by atoms with Gasteiger partial charge in [-0.2, -0.15) is 0 Å². The second kappa shape index (κ2) is 4.73. The molecule has 3 atom stereocenters. The number of carbonyl (C=O) groups excluding carboxylic acids is 2. The zero-order valence-electron chi connectivity index (χ0n) is 11.1. The van der Waals surface area contributed by atoms with E-state index in [2.05, 4.69) is 0 Å². The predicted octanol–water partition coefficient (Wildman–Crippen LogP) is -0.956. The first-order valence-electron chi connectivity index (χ1n) is 6.98. The number of rotatable bonds is 3. The van der Waals surface area contributed by atoms with E-state index >= 15 is 0 Å². The first-order chi connectivity index (χ1) is 9.47. The average Bonchev–Trinajstić information content (AvgIpc) is 3.04. The van der Waals surface area contributed by atoms with Gasteiger partial charge < -0.3 is 20.0 Å². The molecule has 2 N–H and O–H groups in total. The summed E-state index contributed by atoms with van der Waals surface area (Å²) in [6, 6.07) is -0.692. The highest BCUT2D eigenvalue weighted by molar-refractivity contribution is 5.92. The maximum absolute atomic E-state index is 12.4. The lowest BCUT2D eigenvalue weighted by atomic mass is 10.1. The fourth-order valence-corrected chi connectivity index (χ4v) is 3.16. The van der Waals surface area contributed by atoms with Gasteiger partial charge in [-0.25, -0.2) is 4.79 Å². The SMILES string of the molecule is O=C(O)[C@@H]1C[C@H](O)CN1C(=O)C1CC(=O)N(C2CC2)C1.